The fourth-order valence-electron chi connectivity index (χ4n) is 2.40. The van der Waals surface area contributed by atoms with Crippen molar-refractivity contribution in [2.75, 3.05) is 11.9 Å². The highest BCUT2D eigenvalue weighted by Gasteiger charge is 2.12. The molecule has 7 N–H and O–H groups in total. The van der Waals surface area contributed by atoms with E-state index in [-0.39, 0.29) is 24.9 Å². The van der Waals surface area contributed by atoms with E-state index in [9.17, 15) is 4.79 Å². The molecule has 0 saturated heterocycles. The molecule has 3 heterocycles. The summed E-state index contributed by atoms with van der Waals surface area (Å²) < 4.78 is 0. The van der Waals surface area contributed by atoms with Crippen molar-refractivity contribution in [3.63, 3.8) is 0 Å². The van der Waals surface area contributed by atoms with Gasteiger partial charge >= 0.3 is 0 Å². The first-order valence-corrected chi connectivity index (χ1v) is 7.81. The highest BCUT2D eigenvalue weighted by molar-refractivity contribution is 6.03. The molecule has 140 valence electrons. The summed E-state index contributed by atoms with van der Waals surface area (Å²) in [6, 6.07) is 8.60. The topological polar surface area (TPSA) is 143 Å². The third kappa shape index (κ3) is 4.67. The monoisotopic (exact) mass is 366 g/mol. The molecule has 0 radical (unpaired) electrons. The fraction of sp³-hybridized carbons (Fsp3) is 0.111. The van der Waals surface area contributed by atoms with Crippen LogP contribution in [-0.4, -0.2) is 28.3 Å². The summed E-state index contributed by atoms with van der Waals surface area (Å²) in [5, 5.41) is 9.28. The van der Waals surface area contributed by atoms with Gasteiger partial charge in [-0.3, -0.25) is 9.78 Å². The number of dihydropyridines is 1. The highest BCUT2D eigenvalue weighted by atomic mass is 16.1. The van der Waals surface area contributed by atoms with E-state index >= 15 is 0 Å². The summed E-state index contributed by atoms with van der Waals surface area (Å²) in [4.78, 5) is 20.9. The number of pyridine rings is 2. The van der Waals surface area contributed by atoms with Crippen molar-refractivity contribution < 1.29 is 4.79 Å². The molecule has 2 aromatic rings. The summed E-state index contributed by atoms with van der Waals surface area (Å²) in [7, 11) is 0. The number of hydrazine groups is 1. The Balaban J connectivity index is 0.00000261. The van der Waals surface area contributed by atoms with E-state index in [1.54, 1.807) is 30.5 Å². The number of allylic oxidation sites excluding steroid dienone is 2. The van der Waals surface area contributed by atoms with Gasteiger partial charge in [-0.05, 0) is 47.7 Å². The van der Waals surface area contributed by atoms with Gasteiger partial charge < -0.3 is 21.9 Å². The maximum atomic E-state index is 12.5. The van der Waals surface area contributed by atoms with Crippen LogP contribution < -0.4 is 27.7 Å². The van der Waals surface area contributed by atoms with Gasteiger partial charge in [0.1, 0.15) is 17.2 Å². The molecular weight excluding hydrogens is 344 g/mol. The van der Waals surface area contributed by atoms with E-state index in [4.69, 9.17) is 11.7 Å². The number of amides is 1. The number of carbonyl (C=O) groups excluding carboxylic acids is 1. The molecule has 0 bridgehead atoms. The number of nitrogens with zero attached hydrogens (tertiary/aromatic N) is 3. The van der Waals surface area contributed by atoms with Gasteiger partial charge in [-0.1, -0.05) is 19.6 Å². The normalized spacial score (nSPS) is 13.1. The summed E-state index contributed by atoms with van der Waals surface area (Å²) in [6.07, 6.45) is 7.45. The number of carbonyl (C=O) groups is 1. The Hall–Kier alpha value is -3.72. The number of rotatable bonds is 4. The van der Waals surface area contributed by atoms with Crippen molar-refractivity contribution in [1.29, 1.82) is 0 Å². The standard InChI is InChI=1S/C17H18N8O.CH4/c18-24-16(25-19)13-2-1-3-15(22-13)23-17(26)14-10-12(6-9-21-14)11-4-7-20-8-5-11;/h1-7,9-10,20H,8,18-19H2,(H,24,25)(H,22,23,26);1H4. The number of anilines is 1. The minimum absolute atomic E-state index is 0. The second kappa shape index (κ2) is 9.11. The Morgan fingerprint density at radius 1 is 1.26 bits per heavy atom. The van der Waals surface area contributed by atoms with Gasteiger partial charge in [0.05, 0.1) is 0 Å². The predicted octanol–water partition coefficient (Wildman–Crippen LogP) is 0.949. The lowest BCUT2D eigenvalue weighted by Gasteiger charge is -2.10. The molecule has 9 heteroatoms. The van der Waals surface area contributed by atoms with Gasteiger partial charge in [0.2, 0.25) is 0 Å². The number of amidine groups is 1. The van der Waals surface area contributed by atoms with Crippen LogP contribution >= 0.6 is 0 Å². The SMILES string of the molecule is C.N/N=C(\NN)c1cccc(NC(=O)c2cc(C3=CCNC=C3)ccn2)n1. The first kappa shape index (κ1) is 19.6. The molecule has 1 aliphatic rings. The number of nitrogens with two attached hydrogens (primary N) is 2. The van der Waals surface area contributed by atoms with Gasteiger partial charge in [0.25, 0.3) is 5.91 Å². The summed E-state index contributed by atoms with van der Waals surface area (Å²) in [6.45, 7) is 0.743. The highest BCUT2D eigenvalue weighted by Crippen LogP contribution is 2.18. The van der Waals surface area contributed by atoms with Crippen LogP contribution in [0.3, 0.4) is 0 Å². The van der Waals surface area contributed by atoms with Gasteiger partial charge in [0.15, 0.2) is 5.84 Å². The molecule has 27 heavy (non-hydrogen) atoms. The maximum absolute atomic E-state index is 12.5. The summed E-state index contributed by atoms with van der Waals surface area (Å²) in [5.41, 5.74) is 4.97. The molecule has 0 saturated carbocycles. The summed E-state index contributed by atoms with van der Waals surface area (Å²) in [5.74, 6) is 10.7. The Morgan fingerprint density at radius 2 is 2.11 bits per heavy atom. The number of nitrogens with one attached hydrogen (secondary N) is 3. The van der Waals surface area contributed by atoms with Crippen LogP contribution in [0.4, 0.5) is 5.82 Å². The molecule has 3 rings (SSSR count). The van der Waals surface area contributed by atoms with Crippen LogP contribution in [-0.2, 0) is 0 Å². The molecule has 0 atom stereocenters. The van der Waals surface area contributed by atoms with Crippen LogP contribution in [0, 0.1) is 0 Å². The van der Waals surface area contributed by atoms with Crippen LogP contribution in [0.5, 0.6) is 0 Å². The smallest absolute Gasteiger partial charge is 0.275 e. The van der Waals surface area contributed by atoms with E-state index in [0.717, 1.165) is 17.7 Å². The van der Waals surface area contributed by atoms with Crippen molar-refractivity contribution in [2.24, 2.45) is 16.8 Å². The van der Waals surface area contributed by atoms with Gasteiger partial charge in [-0.2, -0.15) is 5.10 Å². The Morgan fingerprint density at radius 3 is 2.81 bits per heavy atom. The molecule has 0 fully saturated rings. The van der Waals surface area contributed by atoms with Crippen molar-refractivity contribution in [3.8, 4) is 0 Å². The number of aromatic nitrogens is 2. The molecule has 0 aliphatic carbocycles. The van der Waals surface area contributed by atoms with E-state index in [0.29, 0.717) is 11.5 Å². The second-order valence-electron chi connectivity index (χ2n) is 5.32. The predicted molar refractivity (Wildman–Crippen MR) is 106 cm³/mol. The lowest BCUT2D eigenvalue weighted by atomic mass is 10.0. The van der Waals surface area contributed by atoms with Crippen LogP contribution in [0.25, 0.3) is 5.57 Å². The molecular formula is C18H22N8O. The minimum atomic E-state index is -0.373. The lowest BCUT2D eigenvalue weighted by Crippen LogP contribution is -2.32. The Labute approximate surface area is 157 Å². The van der Waals surface area contributed by atoms with Gasteiger partial charge in [-0.15, -0.1) is 0 Å². The van der Waals surface area contributed by atoms with Gasteiger partial charge in [-0.25, -0.2) is 10.8 Å². The molecule has 0 unspecified atom stereocenters. The van der Waals surface area contributed by atoms with E-state index in [1.807, 2.05) is 24.4 Å². The number of hydrazone groups is 1. The largest absolute Gasteiger partial charge is 0.387 e. The van der Waals surface area contributed by atoms with Crippen LogP contribution in [0.2, 0.25) is 0 Å². The lowest BCUT2D eigenvalue weighted by molar-refractivity contribution is 0.102. The fourth-order valence-corrected chi connectivity index (χ4v) is 2.40. The molecule has 0 spiro atoms. The second-order valence-corrected chi connectivity index (χ2v) is 5.32. The van der Waals surface area contributed by atoms with E-state index < -0.39 is 0 Å². The van der Waals surface area contributed by atoms with Crippen LogP contribution in [0.15, 0.2) is 60.0 Å². The molecule has 1 amide bonds. The quantitative estimate of drug-likeness (QED) is 0.234. The van der Waals surface area contributed by atoms with E-state index in [2.05, 4.69) is 31.1 Å². The average molecular weight is 366 g/mol. The zero-order chi connectivity index (χ0) is 18.4. The molecule has 1 aliphatic heterocycles. The number of hydrogen-bond donors (Lipinski definition) is 5. The maximum Gasteiger partial charge on any atom is 0.275 e. The van der Waals surface area contributed by atoms with Crippen molar-refractivity contribution >= 4 is 23.1 Å². The molecule has 0 aromatic carbocycles. The van der Waals surface area contributed by atoms with Crippen molar-refractivity contribution in [1.82, 2.24) is 20.7 Å². The van der Waals surface area contributed by atoms with Crippen LogP contribution in [0.1, 0.15) is 29.2 Å². The third-order valence-electron chi connectivity index (χ3n) is 3.65. The van der Waals surface area contributed by atoms with Crippen molar-refractivity contribution in [3.05, 3.63) is 71.8 Å². The first-order chi connectivity index (χ1) is 12.7. The zero-order valence-electron chi connectivity index (χ0n) is 13.8. The summed E-state index contributed by atoms with van der Waals surface area (Å²) >= 11 is 0. The molecule has 9 nitrogen and oxygen atoms in total. The minimum Gasteiger partial charge on any atom is -0.387 e. The average Bonchev–Trinajstić information content (AvgIpc) is 2.70. The van der Waals surface area contributed by atoms with E-state index in [1.165, 1.54) is 0 Å². The first-order valence-electron chi connectivity index (χ1n) is 7.81. The molecule has 2 aromatic heterocycles. The Bertz CT molecular complexity index is 904. The zero-order valence-corrected chi connectivity index (χ0v) is 13.8. The Kier molecular flexibility index (Phi) is 6.61. The third-order valence-corrected chi connectivity index (χ3v) is 3.65. The van der Waals surface area contributed by atoms with Crippen molar-refractivity contribution in [2.45, 2.75) is 7.43 Å². The van der Waals surface area contributed by atoms with Gasteiger partial charge in [0, 0.05) is 12.7 Å². The number of hydrogen-bond acceptors (Lipinski definition) is 7.